The van der Waals surface area contributed by atoms with Gasteiger partial charge in [-0.3, -0.25) is 9.78 Å². The van der Waals surface area contributed by atoms with Gasteiger partial charge in [-0.15, -0.1) is 0 Å². The number of hydrogen-bond acceptors (Lipinski definition) is 4. The summed E-state index contributed by atoms with van der Waals surface area (Å²) in [5, 5.41) is 21.6. The van der Waals surface area contributed by atoms with Gasteiger partial charge in [0, 0.05) is 23.4 Å². The first kappa shape index (κ1) is 22.8. The van der Waals surface area contributed by atoms with Gasteiger partial charge in [-0.2, -0.15) is 5.26 Å². The standard InChI is InChI=1S/C24H23N3O2.CH4/c1-15-4-6-18(12-25)22(8-15)19-9-20(23-7-5-16(2)13-26-23)11-21(10-19)24(29)27-17(3)14-28;/h4-11,13,17,28H,14H2,1-3H3,(H,27,29);1H4/t17-;/m0./s1. The fourth-order valence-corrected chi connectivity index (χ4v) is 3.05. The third kappa shape index (κ3) is 5.11. The first-order chi connectivity index (χ1) is 13.9. The number of pyridine rings is 1. The van der Waals surface area contributed by atoms with Crippen LogP contribution < -0.4 is 5.32 Å². The van der Waals surface area contributed by atoms with E-state index in [0.717, 1.165) is 33.5 Å². The van der Waals surface area contributed by atoms with Crippen LogP contribution in [0.25, 0.3) is 22.4 Å². The van der Waals surface area contributed by atoms with Crippen molar-refractivity contribution in [2.45, 2.75) is 34.2 Å². The molecule has 0 aliphatic rings. The van der Waals surface area contributed by atoms with Crippen molar-refractivity contribution in [3.8, 4) is 28.5 Å². The van der Waals surface area contributed by atoms with E-state index in [9.17, 15) is 15.2 Å². The third-order valence-corrected chi connectivity index (χ3v) is 4.66. The lowest BCUT2D eigenvalue weighted by Gasteiger charge is -2.14. The van der Waals surface area contributed by atoms with Crippen LogP contribution in [0.1, 0.15) is 41.4 Å². The Labute approximate surface area is 178 Å². The molecule has 0 aliphatic heterocycles. The Morgan fingerprint density at radius 2 is 1.80 bits per heavy atom. The fourth-order valence-electron chi connectivity index (χ4n) is 3.05. The van der Waals surface area contributed by atoms with Crippen molar-refractivity contribution in [2.24, 2.45) is 0 Å². The molecule has 0 aliphatic carbocycles. The average molecular weight is 402 g/mol. The number of hydrogen-bond donors (Lipinski definition) is 2. The van der Waals surface area contributed by atoms with Gasteiger partial charge < -0.3 is 10.4 Å². The number of carbonyl (C=O) groups excluding carboxylic acids is 1. The minimum atomic E-state index is -0.360. The highest BCUT2D eigenvalue weighted by atomic mass is 16.3. The molecule has 0 fully saturated rings. The summed E-state index contributed by atoms with van der Waals surface area (Å²) in [6.45, 7) is 5.52. The molecule has 0 saturated carbocycles. The van der Waals surface area contributed by atoms with Crippen LogP contribution in [0.2, 0.25) is 0 Å². The van der Waals surface area contributed by atoms with Crippen LogP contribution in [-0.4, -0.2) is 28.6 Å². The molecule has 0 bridgehead atoms. The predicted molar refractivity (Wildman–Crippen MR) is 120 cm³/mol. The van der Waals surface area contributed by atoms with Crippen LogP contribution in [0.15, 0.2) is 54.7 Å². The van der Waals surface area contributed by atoms with Gasteiger partial charge in [-0.25, -0.2) is 0 Å². The summed E-state index contributed by atoms with van der Waals surface area (Å²) in [5.74, 6) is -0.284. The molecule has 3 rings (SSSR count). The number of aryl methyl sites for hydroxylation is 2. The molecule has 0 radical (unpaired) electrons. The zero-order chi connectivity index (χ0) is 21.0. The Morgan fingerprint density at radius 1 is 1.10 bits per heavy atom. The first-order valence-electron chi connectivity index (χ1n) is 9.42. The van der Waals surface area contributed by atoms with Crippen molar-refractivity contribution in [1.29, 1.82) is 5.26 Å². The Bertz CT molecular complexity index is 1080. The second-order valence-corrected chi connectivity index (χ2v) is 7.24. The van der Waals surface area contributed by atoms with E-state index in [2.05, 4.69) is 16.4 Å². The monoisotopic (exact) mass is 401 g/mol. The largest absolute Gasteiger partial charge is 0.394 e. The van der Waals surface area contributed by atoms with Crippen LogP contribution in [0.3, 0.4) is 0 Å². The fraction of sp³-hybridized carbons (Fsp3) is 0.240. The molecule has 5 heteroatoms. The minimum Gasteiger partial charge on any atom is -0.394 e. The van der Waals surface area contributed by atoms with Crippen molar-refractivity contribution < 1.29 is 9.90 Å². The quantitative estimate of drug-likeness (QED) is 0.651. The van der Waals surface area contributed by atoms with Crippen molar-refractivity contribution >= 4 is 5.91 Å². The Balaban J connectivity index is 0.00000320. The maximum absolute atomic E-state index is 12.7. The van der Waals surface area contributed by atoms with E-state index >= 15 is 0 Å². The zero-order valence-corrected chi connectivity index (χ0v) is 16.7. The molecule has 0 unspecified atom stereocenters. The summed E-state index contributed by atoms with van der Waals surface area (Å²) in [7, 11) is 0. The first-order valence-corrected chi connectivity index (χ1v) is 9.42. The van der Waals surface area contributed by atoms with Gasteiger partial charge in [0.1, 0.15) is 0 Å². The normalized spacial score (nSPS) is 11.2. The van der Waals surface area contributed by atoms with Crippen LogP contribution in [0, 0.1) is 25.2 Å². The average Bonchev–Trinajstić information content (AvgIpc) is 2.73. The van der Waals surface area contributed by atoms with E-state index in [4.69, 9.17) is 0 Å². The highest BCUT2D eigenvalue weighted by molar-refractivity contribution is 5.97. The summed E-state index contributed by atoms with van der Waals surface area (Å²) in [4.78, 5) is 17.2. The van der Waals surface area contributed by atoms with Gasteiger partial charge >= 0.3 is 0 Å². The van der Waals surface area contributed by atoms with Gasteiger partial charge in [0.25, 0.3) is 5.91 Å². The lowest BCUT2D eigenvalue weighted by molar-refractivity contribution is 0.0922. The van der Waals surface area contributed by atoms with E-state index in [1.807, 2.05) is 44.2 Å². The van der Waals surface area contributed by atoms with E-state index in [1.54, 1.807) is 31.3 Å². The van der Waals surface area contributed by atoms with E-state index in [-0.39, 0.29) is 26.0 Å². The molecule has 154 valence electrons. The van der Waals surface area contributed by atoms with Gasteiger partial charge in [-0.05, 0) is 67.8 Å². The molecule has 0 spiro atoms. The zero-order valence-electron chi connectivity index (χ0n) is 16.7. The van der Waals surface area contributed by atoms with Crippen LogP contribution >= 0.6 is 0 Å². The second-order valence-electron chi connectivity index (χ2n) is 7.24. The molecule has 5 nitrogen and oxygen atoms in total. The highest BCUT2D eigenvalue weighted by Gasteiger charge is 2.15. The molecule has 1 heterocycles. The van der Waals surface area contributed by atoms with Crippen molar-refractivity contribution in [3.05, 3.63) is 77.0 Å². The van der Waals surface area contributed by atoms with Crippen molar-refractivity contribution in [3.63, 3.8) is 0 Å². The van der Waals surface area contributed by atoms with Crippen molar-refractivity contribution in [1.82, 2.24) is 10.3 Å². The predicted octanol–water partition coefficient (Wildman–Crippen LogP) is 4.65. The van der Waals surface area contributed by atoms with Crippen LogP contribution in [-0.2, 0) is 0 Å². The molecule has 2 N–H and O–H groups in total. The summed E-state index contributed by atoms with van der Waals surface area (Å²) in [6.07, 6.45) is 1.78. The lowest BCUT2D eigenvalue weighted by Crippen LogP contribution is -2.35. The number of nitriles is 1. The summed E-state index contributed by atoms with van der Waals surface area (Å²) < 4.78 is 0. The lowest BCUT2D eigenvalue weighted by atomic mass is 9.93. The number of carbonyl (C=O) groups is 1. The number of aromatic nitrogens is 1. The number of aliphatic hydroxyl groups excluding tert-OH is 1. The number of nitrogens with one attached hydrogen (secondary N) is 1. The van der Waals surface area contributed by atoms with Gasteiger partial charge in [0.05, 0.1) is 23.9 Å². The molecule has 1 aromatic heterocycles. The smallest absolute Gasteiger partial charge is 0.251 e. The van der Waals surface area contributed by atoms with Gasteiger partial charge in [-0.1, -0.05) is 31.2 Å². The number of aliphatic hydroxyl groups is 1. The topological polar surface area (TPSA) is 86.0 Å². The number of rotatable bonds is 5. The molecule has 2 aromatic carbocycles. The molecular formula is C25H27N3O2. The highest BCUT2D eigenvalue weighted by Crippen LogP contribution is 2.30. The summed E-state index contributed by atoms with van der Waals surface area (Å²) in [5.41, 5.74) is 6.13. The van der Waals surface area contributed by atoms with Crippen molar-refractivity contribution in [2.75, 3.05) is 6.61 Å². The summed E-state index contributed by atoms with van der Waals surface area (Å²) >= 11 is 0. The molecule has 1 amide bonds. The van der Waals surface area contributed by atoms with Crippen LogP contribution in [0.4, 0.5) is 0 Å². The Morgan fingerprint density at radius 3 is 2.43 bits per heavy atom. The van der Waals surface area contributed by atoms with E-state index in [1.165, 1.54) is 0 Å². The maximum atomic E-state index is 12.7. The maximum Gasteiger partial charge on any atom is 0.251 e. The van der Waals surface area contributed by atoms with Gasteiger partial charge in [0.2, 0.25) is 0 Å². The molecule has 1 atom stereocenters. The van der Waals surface area contributed by atoms with Crippen LogP contribution in [0.5, 0.6) is 0 Å². The van der Waals surface area contributed by atoms with Gasteiger partial charge in [0.15, 0.2) is 0 Å². The Kier molecular flexibility index (Phi) is 7.46. The summed E-state index contributed by atoms with van der Waals surface area (Å²) in [6, 6.07) is 16.9. The SMILES string of the molecule is C.Cc1ccc(-c2cc(C(=O)N[C@@H](C)CO)cc(-c3cc(C)ccc3C#N)c2)nc1. The molecule has 0 saturated heterocycles. The molecule has 3 aromatic rings. The number of nitrogens with zero attached hydrogens (tertiary/aromatic N) is 2. The number of benzene rings is 2. The Hall–Kier alpha value is -3.49. The second kappa shape index (κ2) is 9.82. The number of amides is 1. The third-order valence-electron chi connectivity index (χ3n) is 4.66. The molecule has 30 heavy (non-hydrogen) atoms. The molecular weight excluding hydrogens is 374 g/mol. The minimum absolute atomic E-state index is 0. The van der Waals surface area contributed by atoms with E-state index < -0.39 is 0 Å². The van der Waals surface area contributed by atoms with E-state index in [0.29, 0.717) is 11.1 Å².